The average molecular weight is 729 g/mol. The van der Waals surface area contributed by atoms with E-state index in [0.29, 0.717) is 11.7 Å². The van der Waals surface area contributed by atoms with Gasteiger partial charge in [-0.05, 0) is 93.9 Å². The van der Waals surface area contributed by atoms with Gasteiger partial charge in [0.2, 0.25) is 0 Å². The van der Waals surface area contributed by atoms with E-state index in [1.807, 2.05) is 24.4 Å². The Morgan fingerprint density at radius 2 is 1.12 bits per heavy atom. The first kappa shape index (κ1) is 33.0. The van der Waals surface area contributed by atoms with Crippen LogP contribution in [0, 0.1) is 0 Å². The Bertz CT molecular complexity index is 3040. The summed E-state index contributed by atoms with van der Waals surface area (Å²) in [4.78, 5) is 15.2. The van der Waals surface area contributed by atoms with Crippen molar-refractivity contribution in [1.29, 1.82) is 0 Å². The molecule has 0 unspecified atom stereocenters. The van der Waals surface area contributed by atoms with Crippen molar-refractivity contribution < 1.29 is 0 Å². The number of hydrogen-bond acceptors (Lipinski definition) is 3. The largest absolute Gasteiger partial charge is 0.308 e. The molecule has 10 aromatic rings. The Kier molecular flexibility index (Phi) is 7.92. The lowest BCUT2D eigenvalue weighted by atomic mass is 9.75. The molecule has 268 valence electrons. The number of hydrogen-bond donors (Lipinski definition) is 0. The molecule has 0 aliphatic heterocycles. The van der Waals surface area contributed by atoms with Crippen molar-refractivity contribution in [1.82, 2.24) is 19.5 Å². The zero-order valence-electron chi connectivity index (χ0n) is 31.1. The van der Waals surface area contributed by atoms with Gasteiger partial charge in [-0.2, -0.15) is 0 Å². The van der Waals surface area contributed by atoms with Gasteiger partial charge in [0.15, 0.2) is 5.82 Å². The summed E-state index contributed by atoms with van der Waals surface area (Å²) in [5, 5.41) is 1.11. The van der Waals surface area contributed by atoms with E-state index in [2.05, 4.69) is 180 Å². The molecular weight excluding hydrogens is 693 g/mol. The van der Waals surface area contributed by atoms with Crippen LogP contribution in [0.15, 0.2) is 200 Å². The number of rotatable bonds is 6. The second-order valence-electron chi connectivity index (χ2n) is 14.8. The first-order valence-electron chi connectivity index (χ1n) is 19.5. The molecule has 3 aromatic heterocycles. The van der Waals surface area contributed by atoms with E-state index >= 15 is 0 Å². The minimum atomic E-state index is 0.340. The van der Waals surface area contributed by atoms with Gasteiger partial charge < -0.3 is 4.57 Å². The second-order valence-corrected chi connectivity index (χ2v) is 14.8. The van der Waals surface area contributed by atoms with Gasteiger partial charge in [0.1, 0.15) is 0 Å². The topological polar surface area (TPSA) is 43.6 Å². The Morgan fingerprint density at radius 1 is 0.456 bits per heavy atom. The maximum absolute atomic E-state index is 5.14. The van der Waals surface area contributed by atoms with Crippen molar-refractivity contribution in [3.63, 3.8) is 0 Å². The van der Waals surface area contributed by atoms with Gasteiger partial charge in [0, 0.05) is 39.9 Å². The zero-order valence-corrected chi connectivity index (χ0v) is 31.1. The van der Waals surface area contributed by atoms with Gasteiger partial charge in [0.05, 0.1) is 27.9 Å². The number of pyridine rings is 1. The lowest BCUT2D eigenvalue weighted by Crippen LogP contribution is -2.12. The van der Waals surface area contributed by atoms with Crippen LogP contribution in [-0.4, -0.2) is 19.5 Å². The molecule has 1 aliphatic rings. The van der Waals surface area contributed by atoms with Crippen LogP contribution in [0.1, 0.15) is 22.6 Å². The minimum absolute atomic E-state index is 0.340. The maximum atomic E-state index is 5.14. The molecule has 4 nitrogen and oxygen atoms in total. The van der Waals surface area contributed by atoms with Crippen molar-refractivity contribution in [2.24, 2.45) is 0 Å². The molecule has 0 fully saturated rings. The van der Waals surface area contributed by atoms with Crippen LogP contribution in [0.2, 0.25) is 0 Å². The Morgan fingerprint density at radius 3 is 1.89 bits per heavy atom. The molecule has 0 spiro atoms. The van der Waals surface area contributed by atoms with Crippen LogP contribution in [0.25, 0.3) is 83.8 Å². The average Bonchev–Trinajstić information content (AvgIpc) is 3.63. The number of benzene rings is 7. The molecule has 3 heterocycles. The van der Waals surface area contributed by atoms with Crippen LogP contribution in [-0.2, 0) is 6.42 Å². The van der Waals surface area contributed by atoms with E-state index in [-0.39, 0.29) is 0 Å². The third kappa shape index (κ3) is 5.82. The zero-order chi connectivity index (χ0) is 37.7. The van der Waals surface area contributed by atoms with Gasteiger partial charge in [-0.3, -0.25) is 4.98 Å². The first-order valence-corrected chi connectivity index (χ1v) is 19.5. The van der Waals surface area contributed by atoms with E-state index in [0.717, 1.165) is 62.1 Å². The van der Waals surface area contributed by atoms with E-state index in [1.165, 1.54) is 38.9 Å². The fraction of sp³-hybridized carbons (Fsp3) is 0.0377. The van der Waals surface area contributed by atoms with E-state index in [4.69, 9.17) is 15.0 Å². The van der Waals surface area contributed by atoms with E-state index < -0.39 is 0 Å². The van der Waals surface area contributed by atoms with Gasteiger partial charge >= 0.3 is 0 Å². The molecular formula is C53H36N4. The van der Waals surface area contributed by atoms with Crippen LogP contribution in [0.5, 0.6) is 0 Å². The molecule has 0 saturated heterocycles. The van der Waals surface area contributed by atoms with Crippen molar-refractivity contribution in [2.45, 2.75) is 12.3 Å². The standard InChI is InChI=1S/C53H36N4/c1-4-14-35(15-5-1)46-32-40-26-25-38(31-47(40)44-23-11-10-22-43(44)46)39-27-28-45-51(33-39)57(50-24-13-29-54-52(45)50)42-21-12-20-41(30-42)53-55-48(36-16-6-2-7-17-36)34-49(56-53)37-18-8-3-9-19-37/h1-31,33-34,46H,32H2/t46-/m0/s1. The number of nitrogens with zero attached hydrogens (tertiary/aromatic N) is 4. The smallest absolute Gasteiger partial charge is 0.160 e. The summed E-state index contributed by atoms with van der Waals surface area (Å²) in [5.74, 6) is 1.02. The Balaban J connectivity index is 1.04. The highest BCUT2D eigenvalue weighted by Gasteiger charge is 2.26. The normalized spacial score (nSPS) is 13.4. The summed E-state index contributed by atoms with van der Waals surface area (Å²) < 4.78 is 2.34. The number of fused-ring (bicyclic) bond motifs is 6. The van der Waals surface area contributed by atoms with Crippen molar-refractivity contribution in [3.05, 3.63) is 217 Å². The fourth-order valence-electron chi connectivity index (χ4n) is 8.71. The molecule has 7 aromatic carbocycles. The van der Waals surface area contributed by atoms with Crippen LogP contribution >= 0.6 is 0 Å². The first-order chi connectivity index (χ1) is 28.2. The van der Waals surface area contributed by atoms with E-state index in [1.54, 1.807) is 0 Å². The third-order valence-corrected chi connectivity index (χ3v) is 11.4. The second kappa shape index (κ2) is 13.7. The van der Waals surface area contributed by atoms with Crippen molar-refractivity contribution in [3.8, 4) is 61.8 Å². The lowest BCUT2D eigenvalue weighted by molar-refractivity contribution is 0.794. The molecule has 1 aliphatic carbocycles. The van der Waals surface area contributed by atoms with Crippen LogP contribution in [0.3, 0.4) is 0 Å². The summed E-state index contributed by atoms with van der Waals surface area (Å²) >= 11 is 0. The van der Waals surface area contributed by atoms with E-state index in [9.17, 15) is 0 Å². The van der Waals surface area contributed by atoms with Gasteiger partial charge in [-0.15, -0.1) is 0 Å². The summed E-state index contributed by atoms with van der Waals surface area (Å²) in [7, 11) is 0. The van der Waals surface area contributed by atoms with Crippen LogP contribution < -0.4 is 0 Å². The monoisotopic (exact) mass is 728 g/mol. The summed E-state index contributed by atoms with van der Waals surface area (Å²) in [5.41, 5.74) is 18.1. The predicted octanol–water partition coefficient (Wildman–Crippen LogP) is 13.0. The maximum Gasteiger partial charge on any atom is 0.160 e. The highest BCUT2D eigenvalue weighted by Crippen LogP contribution is 2.44. The molecule has 0 amide bonds. The molecule has 0 radical (unpaired) electrons. The molecule has 0 saturated carbocycles. The lowest BCUT2D eigenvalue weighted by Gasteiger charge is -2.29. The molecule has 57 heavy (non-hydrogen) atoms. The predicted molar refractivity (Wildman–Crippen MR) is 233 cm³/mol. The Labute approximate surface area is 331 Å². The third-order valence-electron chi connectivity index (χ3n) is 11.4. The number of aromatic nitrogens is 4. The molecule has 0 N–H and O–H groups in total. The summed E-state index contributed by atoms with van der Waals surface area (Å²) in [6.45, 7) is 0. The molecule has 4 heteroatoms. The summed E-state index contributed by atoms with van der Waals surface area (Å²) in [6.07, 6.45) is 2.87. The van der Waals surface area contributed by atoms with Gasteiger partial charge in [-0.1, -0.05) is 146 Å². The quantitative estimate of drug-likeness (QED) is 0.171. The van der Waals surface area contributed by atoms with Gasteiger partial charge in [-0.25, -0.2) is 9.97 Å². The summed E-state index contributed by atoms with van der Waals surface area (Å²) in [6, 6.07) is 69.2. The SMILES string of the molecule is c1ccc(-c2cc(-c3ccccc3)nc(-c3cccc(-n4c5cc(-c6ccc7c(c6)-c6ccccc6[C@H](c6ccccc6)C7)ccc5c5ncccc54)c3)n2)cc1. The van der Waals surface area contributed by atoms with Crippen LogP contribution in [0.4, 0.5) is 0 Å². The Hall–Kier alpha value is -7.43. The van der Waals surface area contributed by atoms with Crippen molar-refractivity contribution in [2.75, 3.05) is 0 Å². The van der Waals surface area contributed by atoms with Gasteiger partial charge in [0.25, 0.3) is 0 Å². The van der Waals surface area contributed by atoms with Crippen molar-refractivity contribution >= 4 is 21.9 Å². The minimum Gasteiger partial charge on any atom is -0.308 e. The highest BCUT2D eigenvalue weighted by atomic mass is 15.0. The molecule has 11 rings (SSSR count). The molecule has 0 bridgehead atoms. The fourth-order valence-corrected chi connectivity index (χ4v) is 8.71. The highest BCUT2D eigenvalue weighted by molar-refractivity contribution is 6.08. The molecule has 1 atom stereocenters.